The molecule has 1 rings (SSSR count). The van der Waals surface area contributed by atoms with E-state index in [9.17, 15) is 0 Å². The number of likely N-dealkylation sites (N-methyl/N-ethyl adjacent to an activating group) is 1. The number of hydrogen-bond donors (Lipinski definition) is 1. The number of aliphatic hydroxyl groups is 1. The van der Waals surface area contributed by atoms with Crippen molar-refractivity contribution in [2.75, 3.05) is 33.4 Å². The van der Waals surface area contributed by atoms with Crippen molar-refractivity contribution < 1.29 is 9.84 Å². The zero-order valence-corrected chi connectivity index (χ0v) is 11.3. The smallest absolute Gasteiger partial charge is 0.0698 e. The van der Waals surface area contributed by atoms with Crippen LogP contribution in [0.1, 0.15) is 5.56 Å². The molecule has 1 aromatic rings. The predicted molar refractivity (Wildman–Crippen MR) is 70.7 cm³/mol. The maximum atomic E-state index is 8.56. The molecule has 3 nitrogen and oxygen atoms in total. The van der Waals surface area contributed by atoms with E-state index in [1.807, 2.05) is 19.2 Å². The van der Waals surface area contributed by atoms with E-state index >= 15 is 0 Å². The molecule has 0 saturated heterocycles. The van der Waals surface area contributed by atoms with E-state index in [-0.39, 0.29) is 6.61 Å². The van der Waals surface area contributed by atoms with Gasteiger partial charge in [-0.2, -0.15) is 0 Å². The van der Waals surface area contributed by atoms with E-state index < -0.39 is 0 Å². The maximum absolute atomic E-state index is 8.56. The summed E-state index contributed by atoms with van der Waals surface area (Å²) in [6, 6.07) is 5.62. The van der Waals surface area contributed by atoms with Crippen molar-refractivity contribution in [2.45, 2.75) is 6.54 Å². The fourth-order valence-corrected chi connectivity index (χ4v) is 1.81. The lowest BCUT2D eigenvalue weighted by Gasteiger charge is -2.17. The van der Waals surface area contributed by atoms with Gasteiger partial charge in [-0.1, -0.05) is 35.3 Å². The number of benzene rings is 1. The fourth-order valence-electron chi connectivity index (χ4n) is 1.43. The van der Waals surface area contributed by atoms with E-state index in [1.54, 1.807) is 6.07 Å². The van der Waals surface area contributed by atoms with Gasteiger partial charge in [0.15, 0.2) is 0 Å². The average molecular weight is 278 g/mol. The summed E-state index contributed by atoms with van der Waals surface area (Å²) >= 11 is 12.0. The van der Waals surface area contributed by atoms with E-state index in [0.717, 1.165) is 18.7 Å². The summed E-state index contributed by atoms with van der Waals surface area (Å²) in [6.45, 7) is 2.54. The molecule has 0 radical (unpaired) electrons. The maximum Gasteiger partial charge on any atom is 0.0698 e. The number of nitrogens with zero attached hydrogens (tertiary/aromatic N) is 1. The Morgan fingerprint density at radius 2 is 2.06 bits per heavy atom. The third-order valence-corrected chi connectivity index (χ3v) is 3.18. The van der Waals surface area contributed by atoms with Crippen molar-refractivity contribution >= 4 is 23.2 Å². The first-order valence-corrected chi connectivity index (χ1v) is 6.20. The van der Waals surface area contributed by atoms with Gasteiger partial charge in [0.05, 0.1) is 29.9 Å². The molecule has 17 heavy (non-hydrogen) atoms. The zero-order chi connectivity index (χ0) is 12.7. The van der Waals surface area contributed by atoms with Crippen LogP contribution in [-0.4, -0.2) is 43.4 Å². The summed E-state index contributed by atoms with van der Waals surface area (Å²) in [6.07, 6.45) is 0. The molecule has 0 atom stereocenters. The Labute approximate surface area is 112 Å². The Hall–Kier alpha value is -0.320. The largest absolute Gasteiger partial charge is 0.394 e. The Morgan fingerprint density at radius 3 is 2.76 bits per heavy atom. The summed E-state index contributed by atoms with van der Waals surface area (Å²) in [4.78, 5) is 2.09. The van der Waals surface area contributed by atoms with Crippen molar-refractivity contribution in [3.8, 4) is 0 Å². The molecule has 0 bridgehead atoms. The second kappa shape index (κ2) is 7.90. The Morgan fingerprint density at radius 1 is 1.29 bits per heavy atom. The molecule has 1 N–H and O–H groups in total. The van der Waals surface area contributed by atoms with E-state index in [0.29, 0.717) is 23.3 Å². The van der Waals surface area contributed by atoms with Gasteiger partial charge in [0, 0.05) is 13.1 Å². The van der Waals surface area contributed by atoms with Gasteiger partial charge in [-0.3, -0.25) is 4.90 Å². The molecule has 0 aliphatic rings. The Kier molecular flexibility index (Phi) is 6.85. The van der Waals surface area contributed by atoms with Crippen molar-refractivity contribution in [1.29, 1.82) is 0 Å². The van der Waals surface area contributed by atoms with Crippen LogP contribution in [0.15, 0.2) is 18.2 Å². The van der Waals surface area contributed by atoms with Crippen molar-refractivity contribution in [2.24, 2.45) is 0 Å². The minimum absolute atomic E-state index is 0.0594. The van der Waals surface area contributed by atoms with Gasteiger partial charge in [0.1, 0.15) is 0 Å². The molecule has 0 spiro atoms. The first-order chi connectivity index (χ1) is 8.15. The third-order valence-electron chi connectivity index (χ3n) is 2.32. The Balaban J connectivity index is 2.39. The van der Waals surface area contributed by atoms with Gasteiger partial charge in [-0.25, -0.2) is 0 Å². The molecule has 1 aromatic carbocycles. The van der Waals surface area contributed by atoms with Gasteiger partial charge < -0.3 is 9.84 Å². The minimum atomic E-state index is 0.0594. The zero-order valence-electron chi connectivity index (χ0n) is 9.83. The summed E-state index contributed by atoms with van der Waals surface area (Å²) in [7, 11) is 1.99. The molecule has 0 amide bonds. The van der Waals surface area contributed by atoms with Crippen LogP contribution < -0.4 is 0 Å². The summed E-state index contributed by atoms with van der Waals surface area (Å²) in [5.41, 5.74) is 1.00. The number of hydrogen-bond acceptors (Lipinski definition) is 3. The van der Waals surface area contributed by atoms with Gasteiger partial charge >= 0.3 is 0 Å². The second-order valence-corrected chi connectivity index (χ2v) is 4.57. The number of halogens is 2. The summed E-state index contributed by atoms with van der Waals surface area (Å²) < 4.78 is 5.19. The highest BCUT2D eigenvalue weighted by atomic mass is 35.5. The lowest BCUT2D eigenvalue weighted by molar-refractivity contribution is 0.0773. The number of ether oxygens (including phenoxy) is 1. The highest BCUT2D eigenvalue weighted by Crippen LogP contribution is 2.26. The SMILES string of the molecule is CN(CCOCCO)Cc1cccc(Cl)c1Cl. The van der Waals surface area contributed by atoms with Crippen molar-refractivity contribution in [3.63, 3.8) is 0 Å². The molecule has 0 heterocycles. The molecule has 0 fully saturated rings. The molecule has 0 unspecified atom stereocenters. The molecule has 0 aromatic heterocycles. The van der Waals surface area contributed by atoms with E-state index in [1.165, 1.54) is 0 Å². The fraction of sp³-hybridized carbons (Fsp3) is 0.500. The third kappa shape index (κ3) is 5.23. The average Bonchev–Trinajstić information content (AvgIpc) is 2.31. The number of rotatable bonds is 7. The van der Waals surface area contributed by atoms with Crippen LogP contribution in [0.5, 0.6) is 0 Å². The molecule has 0 saturated carbocycles. The minimum Gasteiger partial charge on any atom is -0.394 e. The molecule has 5 heteroatoms. The Bertz CT molecular complexity index is 347. The molecular formula is C12H17Cl2NO2. The second-order valence-electron chi connectivity index (χ2n) is 3.79. The van der Waals surface area contributed by atoms with Crippen LogP contribution in [0, 0.1) is 0 Å². The van der Waals surface area contributed by atoms with E-state index in [2.05, 4.69) is 4.90 Å². The lowest BCUT2D eigenvalue weighted by atomic mass is 10.2. The monoisotopic (exact) mass is 277 g/mol. The topological polar surface area (TPSA) is 32.7 Å². The summed E-state index contributed by atoms with van der Waals surface area (Å²) in [5.74, 6) is 0. The number of aliphatic hydroxyl groups excluding tert-OH is 1. The van der Waals surface area contributed by atoms with Gasteiger partial charge in [-0.05, 0) is 18.7 Å². The lowest BCUT2D eigenvalue weighted by Crippen LogP contribution is -2.23. The summed E-state index contributed by atoms with van der Waals surface area (Å²) in [5, 5.41) is 9.75. The van der Waals surface area contributed by atoms with Crippen LogP contribution in [0.25, 0.3) is 0 Å². The molecule has 96 valence electrons. The van der Waals surface area contributed by atoms with Crippen LogP contribution in [0.3, 0.4) is 0 Å². The van der Waals surface area contributed by atoms with Crippen molar-refractivity contribution in [3.05, 3.63) is 33.8 Å². The highest BCUT2D eigenvalue weighted by molar-refractivity contribution is 6.42. The standard InChI is InChI=1S/C12H17Cl2NO2/c1-15(5-7-17-8-6-16)9-10-3-2-4-11(13)12(10)14/h2-4,16H,5-9H2,1H3. The van der Waals surface area contributed by atoms with E-state index in [4.69, 9.17) is 33.0 Å². The van der Waals surface area contributed by atoms with Crippen LogP contribution in [0.2, 0.25) is 10.0 Å². The van der Waals surface area contributed by atoms with Gasteiger partial charge in [-0.15, -0.1) is 0 Å². The highest BCUT2D eigenvalue weighted by Gasteiger charge is 2.06. The normalized spacial score (nSPS) is 11.1. The first kappa shape index (κ1) is 14.7. The van der Waals surface area contributed by atoms with Crippen LogP contribution >= 0.6 is 23.2 Å². The molecule has 0 aliphatic heterocycles. The molecular weight excluding hydrogens is 261 g/mol. The molecule has 0 aliphatic carbocycles. The quantitative estimate of drug-likeness (QED) is 0.778. The first-order valence-electron chi connectivity index (χ1n) is 5.45. The van der Waals surface area contributed by atoms with Crippen LogP contribution in [-0.2, 0) is 11.3 Å². The van der Waals surface area contributed by atoms with Crippen molar-refractivity contribution in [1.82, 2.24) is 4.90 Å². The predicted octanol–water partition coefficient (Wildman–Crippen LogP) is 2.43. The van der Waals surface area contributed by atoms with Gasteiger partial charge in [0.25, 0.3) is 0 Å². The van der Waals surface area contributed by atoms with Crippen LogP contribution in [0.4, 0.5) is 0 Å². The van der Waals surface area contributed by atoms with Gasteiger partial charge in [0.2, 0.25) is 0 Å².